The van der Waals surface area contributed by atoms with Gasteiger partial charge in [0.2, 0.25) is 5.88 Å². The monoisotopic (exact) mass is 320 g/mol. The molecule has 0 unspecified atom stereocenters. The summed E-state index contributed by atoms with van der Waals surface area (Å²) >= 11 is 0. The van der Waals surface area contributed by atoms with Crippen LogP contribution in [0.2, 0.25) is 0 Å². The van der Waals surface area contributed by atoms with Gasteiger partial charge in [0.25, 0.3) is 10.0 Å². The number of rotatable bonds is 4. The van der Waals surface area contributed by atoms with Crippen LogP contribution < -0.4 is 4.74 Å². The number of nitrogens with zero attached hydrogens (tertiary/aromatic N) is 2. The van der Waals surface area contributed by atoms with E-state index >= 15 is 0 Å². The second kappa shape index (κ2) is 5.42. The lowest BCUT2D eigenvalue weighted by Gasteiger charge is -2.05. The average molecular weight is 320 g/mol. The molecule has 0 radical (unpaired) electrons. The van der Waals surface area contributed by atoms with Gasteiger partial charge in [-0.15, -0.1) is 9.19 Å². The molecule has 3 rings (SSSR count). The van der Waals surface area contributed by atoms with E-state index in [4.69, 9.17) is 4.74 Å². The molecule has 0 atom stereocenters. The van der Waals surface area contributed by atoms with Crippen molar-refractivity contribution in [3.63, 3.8) is 0 Å². The lowest BCUT2D eigenvalue weighted by atomic mass is 10.2. The molecule has 5 nitrogen and oxygen atoms in total. The van der Waals surface area contributed by atoms with Crippen LogP contribution in [0.4, 0.5) is 4.39 Å². The predicted molar refractivity (Wildman–Crippen MR) is 79.9 cm³/mol. The van der Waals surface area contributed by atoms with Crippen molar-refractivity contribution in [1.82, 2.24) is 9.19 Å². The Balaban J connectivity index is 2.23. The van der Waals surface area contributed by atoms with E-state index < -0.39 is 15.8 Å². The standard InChI is InChI=1S/C15H13FN2O3S/c1-2-21-15-13-5-3-4-6-14(13)18(17-15)22(19,20)12-9-7-11(16)8-10-12/h3-10H,2H2,1H3. The Hall–Kier alpha value is -2.41. The normalized spacial score (nSPS) is 11.7. The van der Waals surface area contributed by atoms with Gasteiger partial charge in [0, 0.05) is 0 Å². The van der Waals surface area contributed by atoms with Crippen molar-refractivity contribution in [3.8, 4) is 5.88 Å². The number of ether oxygens (including phenoxy) is 1. The zero-order valence-corrected chi connectivity index (χ0v) is 12.5. The third-order valence-corrected chi connectivity index (χ3v) is 4.74. The molecule has 7 heteroatoms. The molecule has 1 aromatic heterocycles. The molecule has 0 amide bonds. The van der Waals surface area contributed by atoms with Crippen LogP contribution in [0.25, 0.3) is 10.9 Å². The Kier molecular flexibility index (Phi) is 3.58. The van der Waals surface area contributed by atoms with Crippen molar-refractivity contribution in [3.05, 3.63) is 54.3 Å². The van der Waals surface area contributed by atoms with Gasteiger partial charge in [0.1, 0.15) is 5.82 Å². The summed E-state index contributed by atoms with van der Waals surface area (Å²) < 4.78 is 44.7. The lowest BCUT2D eigenvalue weighted by Crippen LogP contribution is -2.14. The van der Waals surface area contributed by atoms with E-state index in [1.807, 2.05) is 0 Å². The van der Waals surface area contributed by atoms with Crippen molar-refractivity contribution in [2.75, 3.05) is 6.61 Å². The van der Waals surface area contributed by atoms with Crippen LogP contribution in [0.1, 0.15) is 6.92 Å². The molecule has 0 aliphatic carbocycles. The molecule has 22 heavy (non-hydrogen) atoms. The fraction of sp³-hybridized carbons (Fsp3) is 0.133. The quantitative estimate of drug-likeness (QED) is 0.741. The van der Waals surface area contributed by atoms with E-state index in [1.54, 1.807) is 31.2 Å². The van der Waals surface area contributed by atoms with E-state index in [9.17, 15) is 12.8 Å². The van der Waals surface area contributed by atoms with Crippen LogP contribution >= 0.6 is 0 Å². The summed E-state index contributed by atoms with van der Waals surface area (Å²) in [5.41, 5.74) is 0.412. The number of halogens is 1. The summed E-state index contributed by atoms with van der Waals surface area (Å²) in [6.45, 7) is 2.17. The minimum Gasteiger partial charge on any atom is -0.476 e. The van der Waals surface area contributed by atoms with Gasteiger partial charge in [-0.2, -0.15) is 8.42 Å². The minimum atomic E-state index is -3.92. The fourth-order valence-corrected chi connectivity index (χ4v) is 3.42. The minimum absolute atomic E-state index is 0.0369. The first-order valence-corrected chi connectivity index (χ1v) is 8.09. The summed E-state index contributed by atoms with van der Waals surface area (Å²) in [7, 11) is -3.92. The van der Waals surface area contributed by atoms with Gasteiger partial charge in [-0.25, -0.2) is 4.39 Å². The Morgan fingerprint density at radius 1 is 1.14 bits per heavy atom. The first kappa shape index (κ1) is 14.5. The highest BCUT2D eigenvalue weighted by Gasteiger charge is 2.23. The van der Waals surface area contributed by atoms with Crippen molar-refractivity contribution in [1.29, 1.82) is 0 Å². The molecule has 0 fully saturated rings. The second-order valence-corrected chi connectivity index (χ2v) is 6.32. The van der Waals surface area contributed by atoms with Crippen molar-refractivity contribution >= 4 is 20.9 Å². The van der Waals surface area contributed by atoms with Crippen LogP contribution in [0.5, 0.6) is 5.88 Å². The zero-order chi connectivity index (χ0) is 15.7. The summed E-state index contributed by atoms with van der Waals surface area (Å²) in [6, 6.07) is 11.5. The Morgan fingerprint density at radius 2 is 1.82 bits per heavy atom. The molecule has 0 N–H and O–H groups in total. The second-order valence-electron chi connectivity index (χ2n) is 4.56. The SMILES string of the molecule is CCOc1nn(S(=O)(=O)c2ccc(F)cc2)c2ccccc12. The maximum Gasteiger partial charge on any atom is 0.283 e. The first-order chi connectivity index (χ1) is 10.5. The van der Waals surface area contributed by atoms with Gasteiger partial charge in [0.15, 0.2) is 0 Å². The van der Waals surface area contributed by atoms with Gasteiger partial charge in [-0.1, -0.05) is 12.1 Å². The van der Waals surface area contributed by atoms with Crippen molar-refractivity contribution in [2.24, 2.45) is 0 Å². The highest BCUT2D eigenvalue weighted by Crippen LogP contribution is 2.28. The largest absolute Gasteiger partial charge is 0.476 e. The van der Waals surface area contributed by atoms with E-state index in [0.717, 1.165) is 16.2 Å². The first-order valence-electron chi connectivity index (χ1n) is 6.65. The van der Waals surface area contributed by atoms with Crippen LogP contribution in [0, 0.1) is 5.82 Å². The van der Waals surface area contributed by atoms with E-state index in [0.29, 0.717) is 17.5 Å². The lowest BCUT2D eigenvalue weighted by molar-refractivity contribution is 0.328. The highest BCUT2D eigenvalue weighted by molar-refractivity contribution is 7.90. The smallest absolute Gasteiger partial charge is 0.283 e. The van der Waals surface area contributed by atoms with Gasteiger partial charge in [-0.05, 0) is 43.3 Å². The van der Waals surface area contributed by atoms with Crippen LogP contribution in [-0.4, -0.2) is 24.2 Å². The Bertz CT molecular complexity index is 918. The Labute approximate surface area is 127 Å². The van der Waals surface area contributed by atoms with E-state index in [2.05, 4.69) is 5.10 Å². The topological polar surface area (TPSA) is 61.2 Å². The third-order valence-electron chi connectivity index (χ3n) is 3.14. The summed E-state index contributed by atoms with van der Waals surface area (Å²) in [5, 5.41) is 4.67. The number of hydrogen-bond donors (Lipinski definition) is 0. The zero-order valence-electron chi connectivity index (χ0n) is 11.7. The summed E-state index contributed by atoms with van der Waals surface area (Å²) in [4.78, 5) is -0.0369. The molecule has 2 aromatic carbocycles. The summed E-state index contributed by atoms with van der Waals surface area (Å²) in [6.07, 6.45) is 0. The van der Waals surface area contributed by atoms with Crippen LogP contribution in [-0.2, 0) is 10.0 Å². The van der Waals surface area contributed by atoms with E-state index in [-0.39, 0.29) is 10.8 Å². The van der Waals surface area contributed by atoms with Crippen LogP contribution in [0.15, 0.2) is 53.4 Å². The van der Waals surface area contributed by atoms with Gasteiger partial charge in [-0.3, -0.25) is 0 Å². The van der Waals surface area contributed by atoms with Crippen LogP contribution in [0.3, 0.4) is 0 Å². The molecule has 0 bridgehead atoms. The molecule has 0 saturated heterocycles. The molecular weight excluding hydrogens is 307 g/mol. The van der Waals surface area contributed by atoms with Gasteiger partial charge in [0.05, 0.1) is 22.4 Å². The number of para-hydroxylation sites is 1. The predicted octanol–water partition coefficient (Wildman–Crippen LogP) is 2.81. The molecule has 114 valence electrons. The molecule has 3 aromatic rings. The number of aromatic nitrogens is 2. The molecule has 0 spiro atoms. The third kappa shape index (κ3) is 2.33. The van der Waals surface area contributed by atoms with E-state index in [1.165, 1.54) is 12.1 Å². The fourth-order valence-electron chi connectivity index (χ4n) is 2.14. The molecule has 1 heterocycles. The van der Waals surface area contributed by atoms with Gasteiger partial charge < -0.3 is 4.74 Å². The molecular formula is C15H13FN2O3S. The Morgan fingerprint density at radius 3 is 2.50 bits per heavy atom. The summed E-state index contributed by atoms with van der Waals surface area (Å²) in [5.74, 6) is -0.247. The number of benzene rings is 2. The van der Waals surface area contributed by atoms with Crippen molar-refractivity contribution < 1.29 is 17.5 Å². The molecule has 0 aliphatic rings. The average Bonchev–Trinajstić information content (AvgIpc) is 2.88. The van der Waals surface area contributed by atoms with Gasteiger partial charge >= 0.3 is 0 Å². The highest BCUT2D eigenvalue weighted by atomic mass is 32.2. The maximum absolute atomic E-state index is 13.0. The maximum atomic E-state index is 13.0. The number of hydrogen-bond acceptors (Lipinski definition) is 4. The number of fused-ring (bicyclic) bond motifs is 1. The van der Waals surface area contributed by atoms with Crippen molar-refractivity contribution in [2.45, 2.75) is 11.8 Å². The molecule has 0 saturated carbocycles. The molecule has 0 aliphatic heterocycles.